The number of hydrogen-bond donors (Lipinski definition) is 4. The molecule has 2 aromatic carbocycles. The van der Waals surface area contributed by atoms with E-state index in [0.717, 1.165) is 17.7 Å². The maximum absolute atomic E-state index is 12.2. The summed E-state index contributed by atoms with van der Waals surface area (Å²) in [5.41, 5.74) is 3.65. The molecule has 7 nitrogen and oxygen atoms in total. The molecule has 27 heavy (non-hydrogen) atoms. The summed E-state index contributed by atoms with van der Waals surface area (Å²) in [4.78, 5) is 34.1. The number of amides is 2. The van der Waals surface area contributed by atoms with Crippen LogP contribution in [0.15, 0.2) is 48.5 Å². The third-order valence-electron chi connectivity index (χ3n) is 3.92. The molecule has 0 fully saturated rings. The van der Waals surface area contributed by atoms with Crippen molar-refractivity contribution in [1.82, 2.24) is 10.6 Å². The molecule has 7 heteroatoms. The van der Waals surface area contributed by atoms with Gasteiger partial charge in [-0.15, -0.1) is 0 Å². The molecule has 2 aromatic rings. The quantitative estimate of drug-likeness (QED) is 0.539. The van der Waals surface area contributed by atoms with E-state index in [4.69, 9.17) is 5.11 Å². The Labute approximate surface area is 157 Å². The van der Waals surface area contributed by atoms with Gasteiger partial charge in [0.05, 0.1) is 6.54 Å². The summed E-state index contributed by atoms with van der Waals surface area (Å²) < 4.78 is 0. The lowest BCUT2D eigenvalue weighted by molar-refractivity contribution is -0.137. The molecule has 0 aliphatic carbocycles. The van der Waals surface area contributed by atoms with Crippen molar-refractivity contribution in [1.29, 1.82) is 0 Å². The molecular weight excluding hydrogens is 346 g/mol. The third-order valence-corrected chi connectivity index (χ3v) is 3.92. The largest absolute Gasteiger partial charge is 0.480 e. The molecule has 2 amide bonds. The second kappa shape index (κ2) is 9.96. The summed E-state index contributed by atoms with van der Waals surface area (Å²) in [6.07, 6.45) is 0.926. The van der Waals surface area contributed by atoms with Crippen LogP contribution in [0.2, 0.25) is 0 Å². The lowest BCUT2D eigenvalue weighted by Gasteiger charge is -2.12. The van der Waals surface area contributed by atoms with Gasteiger partial charge >= 0.3 is 5.97 Å². The Hall–Kier alpha value is -3.35. The van der Waals surface area contributed by atoms with Gasteiger partial charge < -0.3 is 21.1 Å². The minimum atomic E-state index is -1.14. The van der Waals surface area contributed by atoms with Crippen LogP contribution in [0.4, 0.5) is 5.69 Å². The number of nitrogens with one attached hydrogen (secondary N) is 3. The van der Waals surface area contributed by atoms with Crippen molar-refractivity contribution in [2.75, 3.05) is 18.4 Å². The second-order valence-electron chi connectivity index (χ2n) is 5.92. The third kappa shape index (κ3) is 6.47. The van der Waals surface area contributed by atoms with Crippen molar-refractivity contribution in [3.05, 3.63) is 65.2 Å². The first-order valence-electron chi connectivity index (χ1n) is 8.67. The van der Waals surface area contributed by atoms with Crippen molar-refractivity contribution in [3.63, 3.8) is 0 Å². The van der Waals surface area contributed by atoms with Crippen LogP contribution in [-0.4, -0.2) is 36.0 Å². The van der Waals surface area contributed by atoms with E-state index < -0.39 is 24.3 Å². The van der Waals surface area contributed by atoms with Gasteiger partial charge in [0.15, 0.2) is 0 Å². The SMILES string of the molecule is CCc1ccccc1NCc1cccc(C(=O)NCC(=O)NCC(=O)O)c1. The zero-order chi connectivity index (χ0) is 19.6. The van der Waals surface area contributed by atoms with Gasteiger partial charge in [-0.2, -0.15) is 0 Å². The number of aryl methyl sites for hydroxylation is 1. The highest BCUT2D eigenvalue weighted by molar-refractivity contribution is 5.96. The van der Waals surface area contributed by atoms with Gasteiger partial charge in [-0.25, -0.2) is 0 Å². The van der Waals surface area contributed by atoms with Crippen molar-refractivity contribution in [2.45, 2.75) is 19.9 Å². The number of carboxylic acid groups (broad SMARTS) is 1. The predicted octanol–water partition coefficient (Wildman–Crippen LogP) is 1.79. The Balaban J connectivity index is 1.91. The van der Waals surface area contributed by atoms with Crippen LogP contribution < -0.4 is 16.0 Å². The van der Waals surface area contributed by atoms with Crippen LogP contribution in [0, 0.1) is 0 Å². The highest BCUT2D eigenvalue weighted by atomic mass is 16.4. The van der Waals surface area contributed by atoms with Crippen LogP contribution in [-0.2, 0) is 22.6 Å². The van der Waals surface area contributed by atoms with Crippen LogP contribution in [0.25, 0.3) is 0 Å². The van der Waals surface area contributed by atoms with E-state index in [1.807, 2.05) is 24.3 Å². The van der Waals surface area contributed by atoms with Gasteiger partial charge in [0.2, 0.25) is 5.91 Å². The Morgan fingerprint density at radius 2 is 1.74 bits per heavy atom. The van der Waals surface area contributed by atoms with Gasteiger partial charge in [-0.3, -0.25) is 14.4 Å². The highest BCUT2D eigenvalue weighted by Gasteiger charge is 2.09. The van der Waals surface area contributed by atoms with Crippen molar-refractivity contribution in [3.8, 4) is 0 Å². The average Bonchev–Trinajstić information content (AvgIpc) is 2.69. The fourth-order valence-electron chi connectivity index (χ4n) is 2.52. The molecule has 0 saturated carbocycles. The minimum absolute atomic E-state index is 0.279. The molecule has 2 rings (SSSR count). The normalized spacial score (nSPS) is 10.1. The molecule has 0 saturated heterocycles. The van der Waals surface area contributed by atoms with E-state index in [1.54, 1.807) is 18.2 Å². The van der Waals surface area contributed by atoms with E-state index in [1.165, 1.54) is 5.56 Å². The van der Waals surface area contributed by atoms with E-state index >= 15 is 0 Å². The molecule has 0 bridgehead atoms. The standard InChI is InChI=1S/C20H23N3O4/c1-2-15-7-3-4-9-17(15)21-11-14-6-5-8-16(10-14)20(27)23-12-18(24)22-13-19(25)26/h3-10,21H,2,11-13H2,1H3,(H,22,24)(H,23,27)(H,25,26). The first kappa shape index (κ1) is 20.0. The Kier molecular flexibility index (Phi) is 7.37. The number of carboxylic acids is 1. The Bertz CT molecular complexity index is 820. The number of carbonyl (C=O) groups is 3. The molecule has 142 valence electrons. The summed E-state index contributed by atoms with van der Waals surface area (Å²) in [5, 5.41) is 16.5. The van der Waals surface area contributed by atoms with E-state index in [-0.39, 0.29) is 6.54 Å². The van der Waals surface area contributed by atoms with Gasteiger partial charge in [0, 0.05) is 17.8 Å². The monoisotopic (exact) mass is 369 g/mol. The summed E-state index contributed by atoms with van der Waals surface area (Å²) in [6, 6.07) is 15.2. The molecular formula is C20H23N3O4. The van der Waals surface area contributed by atoms with Gasteiger partial charge in [0.1, 0.15) is 6.54 Å². The molecule has 0 spiro atoms. The molecule has 0 aliphatic heterocycles. The summed E-state index contributed by atoms with van der Waals surface area (Å²) >= 11 is 0. The molecule has 0 heterocycles. The zero-order valence-electron chi connectivity index (χ0n) is 15.1. The highest BCUT2D eigenvalue weighted by Crippen LogP contribution is 2.17. The predicted molar refractivity (Wildman–Crippen MR) is 103 cm³/mol. The van der Waals surface area contributed by atoms with Gasteiger partial charge in [-0.1, -0.05) is 37.3 Å². The number of hydrogen-bond acceptors (Lipinski definition) is 4. The number of aliphatic carboxylic acids is 1. The van der Waals surface area contributed by atoms with E-state index in [0.29, 0.717) is 12.1 Å². The topological polar surface area (TPSA) is 108 Å². The molecule has 0 unspecified atom stereocenters. The zero-order valence-corrected chi connectivity index (χ0v) is 15.1. The smallest absolute Gasteiger partial charge is 0.322 e. The van der Waals surface area contributed by atoms with E-state index in [9.17, 15) is 14.4 Å². The van der Waals surface area contributed by atoms with Crippen molar-refractivity contribution in [2.24, 2.45) is 0 Å². The van der Waals surface area contributed by atoms with Crippen molar-refractivity contribution < 1.29 is 19.5 Å². The Morgan fingerprint density at radius 3 is 2.48 bits per heavy atom. The van der Waals surface area contributed by atoms with Crippen LogP contribution >= 0.6 is 0 Å². The number of anilines is 1. The van der Waals surface area contributed by atoms with Crippen LogP contribution in [0.1, 0.15) is 28.4 Å². The van der Waals surface area contributed by atoms with Crippen LogP contribution in [0.5, 0.6) is 0 Å². The summed E-state index contributed by atoms with van der Waals surface area (Å²) in [7, 11) is 0. The average molecular weight is 369 g/mol. The molecule has 0 aliphatic rings. The molecule has 0 atom stereocenters. The second-order valence-corrected chi connectivity index (χ2v) is 5.92. The maximum atomic E-state index is 12.2. The van der Waals surface area contributed by atoms with Crippen molar-refractivity contribution >= 4 is 23.5 Å². The lowest BCUT2D eigenvalue weighted by atomic mass is 10.1. The molecule has 4 N–H and O–H groups in total. The van der Waals surface area contributed by atoms with Gasteiger partial charge in [-0.05, 0) is 35.7 Å². The minimum Gasteiger partial charge on any atom is -0.480 e. The first-order valence-corrected chi connectivity index (χ1v) is 8.67. The number of rotatable bonds is 9. The number of benzene rings is 2. The molecule has 0 radical (unpaired) electrons. The van der Waals surface area contributed by atoms with E-state index in [2.05, 4.69) is 28.9 Å². The lowest BCUT2D eigenvalue weighted by Crippen LogP contribution is -2.39. The first-order chi connectivity index (χ1) is 13.0. The Morgan fingerprint density at radius 1 is 0.963 bits per heavy atom. The molecule has 0 aromatic heterocycles. The summed E-state index contributed by atoms with van der Waals surface area (Å²) in [6.45, 7) is 1.91. The number of carbonyl (C=O) groups excluding carboxylic acids is 2. The fraction of sp³-hybridized carbons (Fsp3) is 0.250. The summed E-state index contributed by atoms with van der Waals surface area (Å²) in [5.74, 6) is -2.09. The maximum Gasteiger partial charge on any atom is 0.322 e. The fourth-order valence-corrected chi connectivity index (χ4v) is 2.52. The number of para-hydroxylation sites is 1. The van der Waals surface area contributed by atoms with Gasteiger partial charge in [0.25, 0.3) is 5.91 Å². The van der Waals surface area contributed by atoms with Crippen LogP contribution in [0.3, 0.4) is 0 Å².